The number of esters is 2. The molecule has 0 amide bonds. The molecule has 0 heterocycles. The third-order valence-corrected chi connectivity index (χ3v) is 2.54. The van der Waals surface area contributed by atoms with Crippen molar-refractivity contribution in [3.05, 3.63) is 0 Å². The van der Waals surface area contributed by atoms with Gasteiger partial charge in [0.1, 0.15) is 0 Å². The van der Waals surface area contributed by atoms with Gasteiger partial charge >= 0.3 is 11.9 Å². The largest absolute Gasteiger partial charge is 0.466 e. The summed E-state index contributed by atoms with van der Waals surface area (Å²) in [6.45, 7) is 3.55. The highest BCUT2D eigenvalue weighted by molar-refractivity contribution is 8.59. The Hall–Kier alpha value is -0.140. The third kappa shape index (κ3) is 8.57. The van der Waals surface area contributed by atoms with Crippen LogP contribution >= 0.6 is 17.9 Å². The first-order chi connectivity index (χ1) is 7.80. The van der Waals surface area contributed by atoms with Gasteiger partial charge in [-0.15, -0.1) is 0 Å². The van der Waals surface area contributed by atoms with E-state index in [1.54, 1.807) is 13.8 Å². The smallest absolute Gasteiger partial charge is 0.336 e. The Kier molecular flexibility index (Phi) is 7.98. The van der Waals surface area contributed by atoms with Crippen LogP contribution in [0.2, 0.25) is 0 Å². The molecule has 17 heavy (non-hydrogen) atoms. The zero-order valence-corrected chi connectivity index (χ0v) is 12.1. The van der Waals surface area contributed by atoms with Crippen molar-refractivity contribution in [2.24, 2.45) is 0 Å². The molecule has 0 bridgehead atoms. The van der Waals surface area contributed by atoms with E-state index < -0.39 is 23.7 Å². The van der Waals surface area contributed by atoms with E-state index in [2.05, 4.69) is 33.5 Å². The van der Waals surface area contributed by atoms with Crippen molar-refractivity contribution >= 4 is 41.7 Å². The number of hydrogen-bond acceptors (Lipinski definition) is 6. The lowest BCUT2D eigenvalue weighted by atomic mass is 10.2. The first-order valence-electron chi connectivity index (χ1n) is 4.86. The van der Waals surface area contributed by atoms with Crippen LogP contribution in [0.1, 0.15) is 20.3 Å². The second kappa shape index (κ2) is 8.05. The number of carbonyl (C=O) groups is 2. The van der Waals surface area contributed by atoms with Crippen LogP contribution in [0, 0.1) is 0 Å². The average Bonchev–Trinajstić information content (AvgIpc) is 2.15. The van der Waals surface area contributed by atoms with Gasteiger partial charge < -0.3 is 18.9 Å². The van der Waals surface area contributed by atoms with Crippen LogP contribution in [0.4, 0.5) is 0 Å². The van der Waals surface area contributed by atoms with Crippen molar-refractivity contribution in [3.63, 3.8) is 0 Å². The summed E-state index contributed by atoms with van der Waals surface area (Å²) in [4.78, 5) is 31.9. The number of thiol groups is 1. The Bertz CT molecular complexity index is 315. The summed E-state index contributed by atoms with van der Waals surface area (Å²) in [5.74, 6) is -1.42. The Morgan fingerprint density at radius 1 is 1.35 bits per heavy atom. The lowest BCUT2D eigenvalue weighted by Gasteiger charge is -2.18. The van der Waals surface area contributed by atoms with Gasteiger partial charge in [-0.1, -0.05) is 12.2 Å². The molecule has 0 aliphatic carbocycles. The second-order valence-corrected chi connectivity index (χ2v) is 7.96. The van der Waals surface area contributed by atoms with E-state index in [-0.39, 0.29) is 19.6 Å². The molecule has 0 fully saturated rings. The predicted octanol–water partition coefficient (Wildman–Crippen LogP) is 1.03. The second-order valence-electron chi connectivity index (χ2n) is 2.85. The van der Waals surface area contributed by atoms with Crippen LogP contribution < -0.4 is 0 Å². The summed E-state index contributed by atoms with van der Waals surface area (Å²) in [5.41, 5.74) is -3.36. The molecule has 0 spiro atoms. The van der Waals surface area contributed by atoms with Crippen LogP contribution in [0.3, 0.4) is 0 Å². The zero-order chi connectivity index (χ0) is 13.5. The lowest BCUT2D eigenvalue weighted by molar-refractivity contribution is -0.157. The van der Waals surface area contributed by atoms with Crippen molar-refractivity contribution in [1.82, 2.24) is 0 Å². The summed E-state index contributed by atoms with van der Waals surface area (Å²) in [7, 11) is 0. The van der Waals surface area contributed by atoms with E-state index in [4.69, 9.17) is 4.52 Å². The number of ether oxygens (including phenoxy) is 2. The highest BCUT2D eigenvalue weighted by atomic mass is 32.9. The maximum absolute atomic E-state index is 11.4. The first-order valence-corrected chi connectivity index (χ1v) is 8.69. The number of carbonyl (C=O) groups excluding carboxylic acids is 2. The normalized spacial score (nSPS) is 15.8. The summed E-state index contributed by atoms with van der Waals surface area (Å²) in [5, 5.41) is 0. The average molecular weight is 302 g/mol. The van der Waals surface area contributed by atoms with E-state index in [0.717, 1.165) is 0 Å². The molecule has 0 saturated heterocycles. The van der Waals surface area contributed by atoms with E-state index in [1.165, 1.54) is 0 Å². The Labute approximate surface area is 110 Å². The Balaban J connectivity index is 4.56. The Morgan fingerprint density at radius 3 is 2.29 bits per heavy atom. The molecule has 0 saturated carbocycles. The van der Waals surface area contributed by atoms with Gasteiger partial charge in [0.05, 0.1) is 19.6 Å². The van der Waals surface area contributed by atoms with Gasteiger partial charge in [-0.25, -0.2) is 4.79 Å². The quantitative estimate of drug-likeness (QED) is 0.413. The SMILES string of the molecule is CCOC(=O)CC(OP(O)(=S)S)C(=O)OCC. The molecule has 1 N–H and O–H groups in total. The minimum Gasteiger partial charge on any atom is -0.466 e. The Morgan fingerprint density at radius 2 is 1.88 bits per heavy atom. The number of hydrogen-bond donors (Lipinski definition) is 2. The maximum Gasteiger partial charge on any atom is 0.336 e. The fourth-order valence-corrected chi connectivity index (χ4v) is 2.08. The van der Waals surface area contributed by atoms with Gasteiger partial charge in [0, 0.05) is 0 Å². The van der Waals surface area contributed by atoms with Crippen molar-refractivity contribution in [2.75, 3.05) is 13.2 Å². The third-order valence-electron chi connectivity index (χ3n) is 1.47. The fraction of sp³-hybridized carbons (Fsp3) is 0.750. The molecule has 9 heteroatoms. The molecule has 2 unspecified atom stereocenters. The standard InChI is InChI=1S/C8H15O6PS2/c1-3-12-7(9)5-6(8(10)13-4-2)14-15(11,16)17/h6H,3-5H2,1-2H3,(H2,11,16,17). The molecule has 0 aromatic heterocycles. The molecular weight excluding hydrogens is 287 g/mol. The van der Waals surface area contributed by atoms with Gasteiger partial charge in [-0.3, -0.25) is 4.79 Å². The lowest BCUT2D eigenvalue weighted by Crippen LogP contribution is -2.28. The topological polar surface area (TPSA) is 82.1 Å². The minimum absolute atomic E-state index is 0.127. The van der Waals surface area contributed by atoms with Crippen LogP contribution in [0.5, 0.6) is 0 Å². The van der Waals surface area contributed by atoms with Crippen molar-refractivity contribution in [3.8, 4) is 0 Å². The fourth-order valence-electron chi connectivity index (χ4n) is 0.936. The first kappa shape index (κ1) is 16.9. The van der Waals surface area contributed by atoms with Crippen molar-refractivity contribution in [1.29, 1.82) is 0 Å². The summed E-state index contributed by atoms with van der Waals surface area (Å²) in [6.07, 6.45) is -1.66. The minimum atomic E-state index is -3.36. The van der Waals surface area contributed by atoms with Gasteiger partial charge in [-0.2, -0.15) is 0 Å². The molecule has 0 rings (SSSR count). The van der Waals surface area contributed by atoms with E-state index in [0.29, 0.717) is 0 Å². The van der Waals surface area contributed by atoms with Crippen LogP contribution in [0.25, 0.3) is 0 Å². The van der Waals surface area contributed by atoms with Crippen LogP contribution in [-0.2, 0) is 35.4 Å². The van der Waals surface area contributed by atoms with Gasteiger partial charge in [0.25, 0.3) is 0 Å². The highest BCUT2D eigenvalue weighted by Gasteiger charge is 2.29. The molecule has 0 radical (unpaired) electrons. The molecule has 0 aliphatic rings. The molecule has 0 aliphatic heterocycles. The van der Waals surface area contributed by atoms with Crippen molar-refractivity contribution < 1.29 is 28.5 Å². The molecule has 0 aromatic rings. The van der Waals surface area contributed by atoms with Gasteiger partial charge in [0.2, 0.25) is 5.69 Å². The van der Waals surface area contributed by atoms with Crippen molar-refractivity contribution in [2.45, 2.75) is 26.4 Å². The van der Waals surface area contributed by atoms with Gasteiger partial charge in [-0.05, 0) is 25.7 Å². The van der Waals surface area contributed by atoms with E-state index in [1.807, 2.05) is 0 Å². The van der Waals surface area contributed by atoms with Crippen LogP contribution in [-0.4, -0.2) is 36.1 Å². The highest BCUT2D eigenvalue weighted by Crippen LogP contribution is 2.49. The van der Waals surface area contributed by atoms with Gasteiger partial charge in [0.15, 0.2) is 6.10 Å². The van der Waals surface area contributed by atoms with Crippen LogP contribution in [0.15, 0.2) is 0 Å². The molecule has 0 aromatic carbocycles. The summed E-state index contributed by atoms with van der Waals surface area (Å²) < 4.78 is 14.2. The van der Waals surface area contributed by atoms with E-state index in [9.17, 15) is 14.5 Å². The maximum atomic E-state index is 11.4. The molecule has 2 atom stereocenters. The monoisotopic (exact) mass is 302 g/mol. The zero-order valence-electron chi connectivity index (χ0n) is 9.49. The summed E-state index contributed by atoms with van der Waals surface area (Å²) in [6, 6.07) is 0. The molecular formula is C8H15O6PS2. The van der Waals surface area contributed by atoms with E-state index >= 15 is 0 Å². The molecule has 6 nitrogen and oxygen atoms in total. The predicted molar refractivity (Wildman–Crippen MR) is 68.2 cm³/mol. The molecule has 100 valence electrons. The number of rotatable bonds is 7. The summed E-state index contributed by atoms with van der Waals surface area (Å²) >= 11 is 8.16.